The van der Waals surface area contributed by atoms with Crippen molar-refractivity contribution in [1.82, 2.24) is 9.97 Å². The van der Waals surface area contributed by atoms with Gasteiger partial charge in [0.1, 0.15) is 10.9 Å². The minimum absolute atomic E-state index is 0.0144. The van der Waals surface area contributed by atoms with Gasteiger partial charge in [0.05, 0.1) is 11.4 Å². The summed E-state index contributed by atoms with van der Waals surface area (Å²) in [5.41, 5.74) is 3.81. The highest BCUT2D eigenvalue weighted by Gasteiger charge is 2.11. The highest BCUT2D eigenvalue weighted by Crippen LogP contribution is 2.30. The van der Waals surface area contributed by atoms with Crippen molar-refractivity contribution in [2.45, 2.75) is 6.92 Å². The third-order valence-electron chi connectivity index (χ3n) is 3.38. The van der Waals surface area contributed by atoms with E-state index >= 15 is 0 Å². The molecule has 5 nitrogen and oxygen atoms in total. The molecular formula is C17H14ClN3O2S. The van der Waals surface area contributed by atoms with Gasteiger partial charge in [0.2, 0.25) is 5.91 Å². The zero-order valence-corrected chi connectivity index (χ0v) is 14.4. The molecule has 0 spiro atoms. The van der Waals surface area contributed by atoms with Crippen LogP contribution in [0.1, 0.15) is 17.4 Å². The number of thiazole rings is 1. The van der Waals surface area contributed by atoms with Crippen molar-refractivity contribution >= 4 is 40.3 Å². The van der Waals surface area contributed by atoms with Gasteiger partial charge in [0.15, 0.2) is 5.78 Å². The van der Waals surface area contributed by atoms with Crippen LogP contribution in [0.3, 0.4) is 0 Å². The number of halogens is 1. The van der Waals surface area contributed by atoms with Crippen molar-refractivity contribution in [2.75, 3.05) is 11.2 Å². The second-order valence-electron chi connectivity index (χ2n) is 5.16. The lowest BCUT2D eigenvalue weighted by atomic mass is 10.2. The van der Waals surface area contributed by atoms with Crippen LogP contribution in [0.25, 0.3) is 21.8 Å². The van der Waals surface area contributed by atoms with Crippen molar-refractivity contribution < 1.29 is 9.59 Å². The molecule has 2 aromatic heterocycles. The summed E-state index contributed by atoms with van der Waals surface area (Å²) in [6.07, 6.45) is 1.77. The van der Waals surface area contributed by atoms with E-state index in [9.17, 15) is 9.59 Å². The number of Topliss-reactive ketones (excluding diaryl/α,β-unsaturated/α-hetero) is 1. The number of aromatic amines is 1. The van der Waals surface area contributed by atoms with Gasteiger partial charge in [0, 0.05) is 35.3 Å². The van der Waals surface area contributed by atoms with Crippen LogP contribution in [-0.4, -0.2) is 27.5 Å². The van der Waals surface area contributed by atoms with Gasteiger partial charge in [-0.15, -0.1) is 22.9 Å². The molecule has 122 valence electrons. The van der Waals surface area contributed by atoms with Gasteiger partial charge in [-0.3, -0.25) is 9.59 Å². The molecule has 0 fully saturated rings. The van der Waals surface area contributed by atoms with Crippen LogP contribution in [0.5, 0.6) is 0 Å². The number of benzene rings is 1. The Kier molecular flexibility index (Phi) is 4.78. The highest BCUT2D eigenvalue weighted by atomic mass is 35.5. The van der Waals surface area contributed by atoms with Crippen molar-refractivity contribution in [3.8, 4) is 21.8 Å². The zero-order valence-electron chi connectivity index (χ0n) is 12.8. The van der Waals surface area contributed by atoms with Gasteiger partial charge in [0.25, 0.3) is 0 Å². The number of hydrogen-bond donors (Lipinski definition) is 2. The van der Waals surface area contributed by atoms with Crippen LogP contribution in [0.15, 0.2) is 41.9 Å². The van der Waals surface area contributed by atoms with Crippen molar-refractivity contribution in [1.29, 1.82) is 0 Å². The van der Waals surface area contributed by atoms with Crippen LogP contribution < -0.4 is 5.32 Å². The first-order valence-electron chi connectivity index (χ1n) is 7.18. The molecule has 0 aliphatic heterocycles. The summed E-state index contributed by atoms with van der Waals surface area (Å²) in [6, 6.07) is 9.22. The number of carbonyl (C=O) groups is 2. The minimum atomic E-state index is -0.252. The Morgan fingerprint density at radius 3 is 2.83 bits per heavy atom. The van der Waals surface area contributed by atoms with Gasteiger partial charge in [-0.05, 0) is 18.2 Å². The molecule has 1 amide bonds. The molecule has 24 heavy (non-hydrogen) atoms. The first kappa shape index (κ1) is 16.4. The maximum Gasteiger partial charge on any atom is 0.239 e. The van der Waals surface area contributed by atoms with Crippen molar-refractivity contribution in [3.05, 3.63) is 47.6 Å². The summed E-state index contributed by atoms with van der Waals surface area (Å²) in [5, 5.41) is 5.49. The number of nitrogens with one attached hydrogen (secondary N) is 2. The van der Waals surface area contributed by atoms with Gasteiger partial charge < -0.3 is 10.3 Å². The average molecular weight is 360 g/mol. The predicted molar refractivity (Wildman–Crippen MR) is 96.7 cm³/mol. The molecule has 1 aromatic carbocycles. The number of aromatic nitrogens is 2. The van der Waals surface area contributed by atoms with Crippen molar-refractivity contribution in [3.63, 3.8) is 0 Å². The highest BCUT2D eigenvalue weighted by molar-refractivity contribution is 7.13. The summed E-state index contributed by atoms with van der Waals surface area (Å²) in [5.74, 6) is -0.352. The molecule has 0 aliphatic carbocycles. The van der Waals surface area contributed by atoms with E-state index in [1.165, 1.54) is 18.3 Å². The van der Waals surface area contributed by atoms with Crippen LogP contribution in [-0.2, 0) is 4.79 Å². The Morgan fingerprint density at radius 2 is 2.12 bits per heavy atom. The number of alkyl halides is 1. The number of carbonyl (C=O) groups excluding carboxylic acids is 2. The summed E-state index contributed by atoms with van der Waals surface area (Å²) in [6.45, 7) is 1.52. The Labute approximate surface area is 147 Å². The molecule has 0 saturated carbocycles. The third-order valence-corrected chi connectivity index (χ3v) is 4.51. The molecule has 0 atom stereocenters. The number of anilines is 1. The molecule has 0 unspecified atom stereocenters. The second kappa shape index (κ2) is 6.98. The fourth-order valence-electron chi connectivity index (χ4n) is 2.21. The van der Waals surface area contributed by atoms with Crippen LogP contribution in [0.4, 0.5) is 5.69 Å². The molecule has 2 N–H and O–H groups in total. The quantitative estimate of drug-likeness (QED) is 0.530. The molecule has 3 aromatic rings. The van der Waals surface area contributed by atoms with Gasteiger partial charge in [-0.25, -0.2) is 4.98 Å². The molecule has 0 radical (unpaired) electrons. The SMILES string of the molecule is CC(=O)c1cc(-c2csc(-c3cccc(NC(=O)CCl)c3)n2)c[nH]1. The summed E-state index contributed by atoms with van der Waals surface area (Å²) >= 11 is 7.00. The normalized spacial score (nSPS) is 10.6. The fourth-order valence-corrected chi connectivity index (χ4v) is 3.10. The lowest BCUT2D eigenvalue weighted by Crippen LogP contribution is -2.12. The molecule has 2 heterocycles. The van der Waals surface area contributed by atoms with Gasteiger partial charge >= 0.3 is 0 Å². The Morgan fingerprint density at radius 1 is 1.29 bits per heavy atom. The number of ketones is 1. The topological polar surface area (TPSA) is 74.8 Å². The maximum atomic E-state index is 11.4. The van der Waals surface area contributed by atoms with E-state index < -0.39 is 0 Å². The van der Waals surface area contributed by atoms with E-state index in [1.807, 2.05) is 23.6 Å². The van der Waals surface area contributed by atoms with E-state index in [2.05, 4.69) is 15.3 Å². The predicted octanol–water partition coefficient (Wildman–Crippen LogP) is 4.19. The fraction of sp³-hybridized carbons (Fsp3) is 0.118. The Hall–Kier alpha value is -2.44. The van der Waals surface area contributed by atoms with Crippen LogP contribution >= 0.6 is 22.9 Å². The lowest BCUT2D eigenvalue weighted by molar-refractivity contribution is -0.113. The number of hydrogen-bond acceptors (Lipinski definition) is 4. The summed E-state index contributed by atoms with van der Waals surface area (Å²) in [4.78, 5) is 30.3. The minimum Gasteiger partial charge on any atom is -0.358 e. The lowest BCUT2D eigenvalue weighted by Gasteiger charge is -2.04. The van der Waals surface area contributed by atoms with E-state index in [1.54, 1.807) is 18.3 Å². The number of amides is 1. The molecule has 0 saturated heterocycles. The van der Waals surface area contributed by atoms with E-state index in [0.29, 0.717) is 11.4 Å². The number of H-pyrrole nitrogens is 1. The standard InChI is InChI=1S/C17H14ClN3O2S/c1-10(22)14-6-12(8-19-14)15-9-24-17(21-15)11-3-2-4-13(5-11)20-16(23)7-18/h2-6,8-9,19H,7H2,1H3,(H,20,23). The smallest absolute Gasteiger partial charge is 0.239 e. The largest absolute Gasteiger partial charge is 0.358 e. The van der Waals surface area contributed by atoms with Gasteiger partial charge in [-0.2, -0.15) is 0 Å². The van der Waals surface area contributed by atoms with Crippen LogP contribution in [0, 0.1) is 0 Å². The third kappa shape index (κ3) is 3.55. The monoisotopic (exact) mass is 359 g/mol. The first-order valence-corrected chi connectivity index (χ1v) is 8.60. The average Bonchev–Trinajstić information content (AvgIpc) is 3.24. The Balaban J connectivity index is 1.86. The molecular weight excluding hydrogens is 346 g/mol. The zero-order chi connectivity index (χ0) is 17.1. The van der Waals surface area contributed by atoms with E-state index in [0.717, 1.165) is 21.8 Å². The molecule has 0 aliphatic rings. The molecule has 3 rings (SSSR count). The summed E-state index contributed by atoms with van der Waals surface area (Å²) in [7, 11) is 0. The molecule has 0 bridgehead atoms. The van der Waals surface area contributed by atoms with E-state index in [-0.39, 0.29) is 17.6 Å². The van der Waals surface area contributed by atoms with Crippen LogP contribution in [0.2, 0.25) is 0 Å². The van der Waals surface area contributed by atoms with Gasteiger partial charge in [-0.1, -0.05) is 12.1 Å². The maximum absolute atomic E-state index is 11.4. The van der Waals surface area contributed by atoms with E-state index in [4.69, 9.17) is 11.6 Å². The van der Waals surface area contributed by atoms with Crippen molar-refractivity contribution in [2.24, 2.45) is 0 Å². The summed E-state index contributed by atoms with van der Waals surface area (Å²) < 4.78 is 0. The second-order valence-corrected chi connectivity index (χ2v) is 6.28. The number of nitrogens with zero attached hydrogens (tertiary/aromatic N) is 1. The first-order chi connectivity index (χ1) is 11.6. The Bertz CT molecular complexity index is 901. The number of rotatable bonds is 5. The molecule has 7 heteroatoms.